The van der Waals surface area contributed by atoms with Crippen LogP contribution in [0.5, 0.6) is 11.5 Å². The van der Waals surface area contributed by atoms with E-state index in [2.05, 4.69) is 11.7 Å². The second-order valence-corrected chi connectivity index (χ2v) is 5.78. The number of hydrogen-bond donors (Lipinski definition) is 0. The van der Waals surface area contributed by atoms with Crippen molar-refractivity contribution >= 4 is 11.9 Å². The monoisotopic (exact) mass is 351 g/mol. The molecule has 0 unspecified atom stereocenters. The quantitative estimate of drug-likeness (QED) is 0.452. The first kappa shape index (κ1) is 20.8. The molecule has 0 N–H and O–H groups in total. The van der Waals surface area contributed by atoms with Crippen molar-refractivity contribution in [3.8, 4) is 11.5 Å². The highest BCUT2D eigenvalue weighted by molar-refractivity contribution is 5.95. The first-order valence-electron chi connectivity index (χ1n) is 8.64. The number of nitrogens with zero attached hydrogens (tertiary/aromatic N) is 1. The number of carbonyl (C=O) groups is 2. The van der Waals surface area contributed by atoms with Gasteiger partial charge in [-0.3, -0.25) is 9.59 Å². The van der Waals surface area contributed by atoms with Crippen LogP contribution in [0.3, 0.4) is 0 Å². The van der Waals surface area contributed by atoms with E-state index in [1.54, 1.807) is 37.3 Å². The Kier molecular flexibility index (Phi) is 9.43. The third-order valence-corrected chi connectivity index (χ3v) is 3.98. The fourth-order valence-electron chi connectivity index (χ4n) is 2.49. The molecule has 6 heteroatoms. The molecule has 0 aromatic heterocycles. The van der Waals surface area contributed by atoms with Crippen LogP contribution in [0.4, 0.5) is 0 Å². The number of esters is 1. The Bertz CT molecular complexity index is 536. The van der Waals surface area contributed by atoms with Crippen molar-refractivity contribution in [3.63, 3.8) is 0 Å². The third-order valence-electron chi connectivity index (χ3n) is 3.98. The van der Waals surface area contributed by atoms with Crippen LogP contribution in [-0.2, 0) is 9.53 Å². The lowest BCUT2D eigenvalue weighted by Crippen LogP contribution is -2.34. The summed E-state index contributed by atoms with van der Waals surface area (Å²) in [5, 5.41) is 0. The standard InChI is InChI=1S/C19H29NO5/c1-5-6-7-8-10-20(11-9-18(21)25-4)19(22)15-12-16(23-2)14-17(13-15)24-3/h12-14H,5-11H2,1-4H3. The van der Waals surface area contributed by atoms with Crippen LogP contribution < -0.4 is 9.47 Å². The summed E-state index contributed by atoms with van der Waals surface area (Å²) in [5.41, 5.74) is 0.483. The minimum Gasteiger partial charge on any atom is -0.497 e. The molecule has 1 aromatic carbocycles. The average Bonchev–Trinajstić information content (AvgIpc) is 2.65. The number of hydrogen-bond acceptors (Lipinski definition) is 5. The first-order valence-corrected chi connectivity index (χ1v) is 8.64. The molecule has 0 aliphatic rings. The summed E-state index contributed by atoms with van der Waals surface area (Å²) >= 11 is 0. The second-order valence-electron chi connectivity index (χ2n) is 5.78. The molecule has 0 fully saturated rings. The second kappa shape index (κ2) is 11.3. The van der Waals surface area contributed by atoms with Crippen molar-refractivity contribution in [3.05, 3.63) is 23.8 Å². The predicted molar refractivity (Wildman–Crippen MR) is 96.2 cm³/mol. The summed E-state index contributed by atoms with van der Waals surface area (Å²) in [4.78, 5) is 26.1. The maximum absolute atomic E-state index is 12.9. The molecule has 140 valence electrons. The highest BCUT2D eigenvalue weighted by Crippen LogP contribution is 2.23. The van der Waals surface area contributed by atoms with Crippen LogP contribution in [0.2, 0.25) is 0 Å². The van der Waals surface area contributed by atoms with Gasteiger partial charge in [0.05, 0.1) is 27.8 Å². The molecule has 0 saturated carbocycles. The first-order chi connectivity index (χ1) is 12.0. The van der Waals surface area contributed by atoms with Crippen molar-refractivity contribution < 1.29 is 23.8 Å². The Labute approximate surface area is 150 Å². The van der Waals surface area contributed by atoms with Gasteiger partial charge >= 0.3 is 5.97 Å². The summed E-state index contributed by atoms with van der Waals surface area (Å²) in [6.45, 7) is 3.08. The number of ether oxygens (including phenoxy) is 3. The van der Waals surface area contributed by atoms with Crippen LogP contribution in [0, 0.1) is 0 Å². The number of methoxy groups -OCH3 is 3. The van der Waals surface area contributed by atoms with Crippen molar-refractivity contribution in [2.24, 2.45) is 0 Å². The van der Waals surface area contributed by atoms with E-state index in [0.29, 0.717) is 30.2 Å². The average molecular weight is 351 g/mol. The molecule has 0 heterocycles. The Morgan fingerprint density at radius 2 is 1.56 bits per heavy atom. The molecule has 0 spiro atoms. The normalized spacial score (nSPS) is 10.2. The predicted octanol–water partition coefficient (Wildman–Crippen LogP) is 3.29. The van der Waals surface area contributed by atoms with E-state index in [0.717, 1.165) is 25.7 Å². The van der Waals surface area contributed by atoms with Crippen LogP contribution in [0.25, 0.3) is 0 Å². The highest BCUT2D eigenvalue weighted by atomic mass is 16.5. The van der Waals surface area contributed by atoms with Crippen LogP contribution in [0.1, 0.15) is 49.4 Å². The van der Waals surface area contributed by atoms with Gasteiger partial charge in [-0.15, -0.1) is 0 Å². The van der Waals surface area contributed by atoms with Gasteiger partial charge in [-0.2, -0.15) is 0 Å². The molecular formula is C19H29NO5. The number of amides is 1. The topological polar surface area (TPSA) is 65.1 Å². The Morgan fingerprint density at radius 1 is 0.920 bits per heavy atom. The summed E-state index contributed by atoms with van der Waals surface area (Å²) < 4.78 is 15.1. The maximum atomic E-state index is 12.9. The molecule has 1 rings (SSSR count). The minimum atomic E-state index is -0.324. The molecule has 0 aliphatic carbocycles. The molecule has 0 atom stereocenters. The smallest absolute Gasteiger partial charge is 0.307 e. The van der Waals surface area contributed by atoms with Gasteiger partial charge in [0.25, 0.3) is 5.91 Å². The maximum Gasteiger partial charge on any atom is 0.307 e. The Hall–Kier alpha value is -2.24. The molecular weight excluding hydrogens is 322 g/mol. The Morgan fingerprint density at radius 3 is 2.08 bits per heavy atom. The lowest BCUT2D eigenvalue weighted by Gasteiger charge is -2.23. The van der Waals surface area contributed by atoms with Crippen LogP contribution >= 0.6 is 0 Å². The van der Waals surface area contributed by atoms with Crippen molar-refractivity contribution in [2.45, 2.75) is 39.0 Å². The van der Waals surface area contributed by atoms with Gasteiger partial charge in [-0.05, 0) is 18.6 Å². The molecule has 0 saturated heterocycles. The van der Waals surface area contributed by atoms with Gasteiger partial charge in [-0.1, -0.05) is 26.2 Å². The van der Waals surface area contributed by atoms with E-state index in [4.69, 9.17) is 9.47 Å². The van der Waals surface area contributed by atoms with E-state index in [9.17, 15) is 9.59 Å². The van der Waals surface area contributed by atoms with E-state index in [1.165, 1.54) is 7.11 Å². The zero-order chi connectivity index (χ0) is 18.7. The fraction of sp³-hybridized carbons (Fsp3) is 0.579. The van der Waals surface area contributed by atoms with Crippen molar-refractivity contribution in [1.29, 1.82) is 0 Å². The lowest BCUT2D eigenvalue weighted by atomic mass is 10.1. The molecule has 0 bridgehead atoms. The zero-order valence-electron chi connectivity index (χ0n) is 15.7. The summed E-state index contributed by atoms with van der Waals surface area (Å²) in [6, 6.07) is 5.08. The van der Waals surface area contributed by atoms with Crippen molar-refractivity contribution in [1.82, 2.24) is 4.90 Å². The van der Waals surface area contributed by atoms with Crippen molar-refractivity contribution in [2.75, 3.05) is 34.4 Å². The molecule has 0 aliphatic heterocycles. The van der Waals surface area contributed by atoms with E-state index < -0.39 is 0 Å². The van der Waals surface area contributed by atoms with Crippen LogP contribution in [0.15, 0.2) is 18.2 Å². The fourth-order valence-corrected chi connectivity index (χ4v) is 2.49. The van der Waals surface area contributed by atoms with Gasteiger partial charge in [-0.25, -0.2) is 0 Å². The number of benzene rings is 1. The van der Waals surface area contributed by atoms with Gasteiger partial charge < -0.3 is 19.1 Å². The highest BCUT2D eigenvalue weighted by Gasteiger charge is 2.18. The molecule has 6 nitrogen and oxygen atoms in total. The molecule has 25 heavy (non-hydrogen) atoms. The van der Waals surface area contributed by atoms with Gasteiger partial charge in [0, 0.05) is 24.7 Å². The number of rotatable bonds is 11. The third kappa shape index (κ3) is 7.03. The molecule has 1 amide bonds. The van der Waals surface area contributed by atoms with E-state index >= 15 is 0 Å². The van der Waals surface area contributed by atoms with E-state index in [1.807, 2.05) is 0 Å². The summed E-state index contributed by atoms with van der Waals surface area (Å²) in [5.74, 6) is 0.649. The summed E-state index contributed by atoms with van der Waals surface area (Å²) in [6.07, 6.45) is 4.40. The lowest BCUT2D eigenvalue weighted by molar-refractivity contribution is -0.140. The summed E-state index contributed by atoms with van der Waals surface area (Å²) in [7, 11) is 4.44. The zero-order valence-corrected chi connectivity index (χ0v) is 15.7. The number of unbranched alkanes of at least 4 members (excludes halogenated alkanes) is 3. The molecule has 0 radical (unpaired) electrons. The number of carbonyl (C=O) groups excluding carboxylic acids is 2. The minimum absolute atomic E-state index is 0.141. The van der Waals surface area contributed by atoms with Gasteiger partial charge in [0.2, 0.25) is 0 Å². The SMILES string of the molecule is CCCCCCN(CCC(=O)OC)C(=O)c1cc(OC)cc(OC)c1. The van der Waals surface area contributed by atoms with Gasteiger partial charge in [0.15, 0.2) is 0 Å². The molecule has 1 aromatic rings. The van der Waals surface area contributed by atoms with Gasteiger partial charge in [0.1, 0.15) is 11.5 Å². The van der Waals surface area contributed by atoms with Crippen LogP contribution in [-0.4, -0.2) is 51.2 Å². The Balaban J connectivity index is 2.90. The van der Waals surface area contributed by atoms with E-state index in [-0.39, 0.29) is 18.3 Å². The largest absolute Gasteiger partial charge is 0.497 e.